The minimum absolute atomic E-state index is 0.632. The first-order valence-corrected chi connectivity index (χ1v) is 8.38. The third kappa shape index (κ3) is 3.03. The topological polar surface area (TPSA) is 74.0 Å². The van der Waals surface area contributed by atoms with Crippen LogP contribution in [0.2, 0.25) is 0 Å². The molecule has 1 aromatic heterocycles. The average Bonchev–Trinajstić information content (AvgIpc) is 2.71. The van der Waals surface area contributed by atoms with Gasteiger partial charge < -0.3 is 5.11 Å². The Labute approximate surface area is 155 Å². The normalized spacial score (nSPS) is 11.1. The van der Waals surface area contributed by atoms with Gasteiger partial charge in [-0.05, 0) is 40.1 Å². The van der Waals surface area contributed by atoms with Crippen molar-refractivity contribution >= 4 is 33.6 Å². The van der Waals surface area contributed by atoms with Gasteiger partial charge in [0.1, 0.15) is 0 Å². The number of rotatable bonds is 3. The summed E-state index contributed by atoms with van der Waals surface area (Å²) in [5.74, 6) is -0.983. The molecular weight excluding hydrogens is 336 g/mol. The van der Waals surface area contributed by atoms with E-state index in [-0.39, 0.29) is 0 Å². The fourth-order valence-electron chi connectivity index (χ4n) is 3.30. The zero-order valence-electron chi connectivity index (χ0n) is 14.3. The van der Waals surface area contributed by atoms with Gasteiger partial charge >= 0.3 is 5.97 Å². The molecule has 0 fully saturated rings. The molecule has 1 N–H and O–H groups in total. The van der Waals surface area contributed by atoms with Crippen LogP contribution in [-0.2, 0) is 4.79 Å². The van der Waals surface area contributed by atoms with E-state index in [4.69, 9.17) is 5.11 Å². The molecule has 0 aliphatic carbocycles. The van der Waals surface area contributed by atoms with Gasteiger partial charge in [0.2, 0.25) is 0 Å². The van der Waals surface area contributed by atoms with Crippen LogP contribution >= 0.6 is 0 Å². The summed E-state index contributed by atoms with van der Waals surface area (Å²) in [6.07, 6.45) is 6.29. The first-order chi connectivity index (χ1) is 13.2. The van der Waals surface area contributed by atoms with Gasteiger partial charge in [0.05, 0.1) is 11.6 Å². The van der Waals surface area contributed by atoms with Crippen LogP contribution in [0.3, 0.4) is 0 Å². The smallest absolute Gasteiger partial charge is 0.328 e. The monoisotopic (exact) mass is 350 g/mol. The number of benzene rings is 3. The van der Waals surface area contributed by atoms with Crippen LogP contribution in [0.4, 0.5) is 0 Å². The van der Waals surface area contributed by atoms with Crippen molar-refractivity contribution in [3.63, 3.8) is 0 Å². The lowest BCUT2D eigenvalue weighted by molar-refractivity contribution is -0.131. The number of pyridine rings is 1. The Morgan fingerprint density at radius 1 is 0.963 bits per heavy atom. The first kappa shape index (κ1) is 16.5. The fourth-order valence-corrected chi connectivity index (χ4v) is 3.30. The van der Waals surface area contributed by atoms with Crippen LogP contribution in [0.5, 0.6) is 0 Å². The van der Waals surface area contributed by atoms with Crippen LogP contribution in [0.25, 0.3) is 38.7 Å². The number of carbonyl (C=O) groups is 1. The molecule has 0 saturated carbocycles. The number of nitrogens with zero attached hydrogens (tertiary/aromatic N) is 2. The summed E-state index contributed by atoms with van der Waals surface area (Å²) < 4.78 is 0. The minimum atomic E-state index is -0.983. The van der Waals surface area contributed by atoms with Crippen molar-refractivity contribution in [2.45, 2.75) is 0 Å². The Morgan fingerprint density at radius 3 is 2.56 bits per heavy atom. The van der Waals surface area contributed by atoms with Crippen LogP contribution < -0.4 is 0 Å². The van der Waals surface area contributed by atoms with Gasteiger partial charge in [0.15, 0.2) is 0 Å². The Kier molecular flexibility index (Phi) is 4.12. The highest BCUT2D eigenvalue weighted by Crippen LogP contribution is 2.35. The molecule has 4 heteroatoms. The van der Waals surface area contributed by atoms with Crippen LogP contribution in [-0.4, -0.2) is 16.1 Å². The first-order valence-electron chi connectivity index (χ1n) is 8.38. The molecule has 0 atom stereocenters. The number of fused-ring (bicyclic) bond motifs is 2. The maximum atomic E-state index is 10.8. The van der Waals surface area contributed by atoms with Crippen molar-refractivity contribution in [3.8, 4) is 17.2 Å². The van der Waals surface area contributed by atoms with Gasteiger partial charge in [0, 0.05) is 34.8 Å². The predicted octanol–water partition coefficient (Wildman–Crippen LogP) is 5.02. The van der Waals surface area contributed by atoms with Crippen molar-refractivity contribution in [1.82, 2.24) is 4.98 Å². The molecule has 0 bridgehead atoms. The fraction of sp³-hybridized carbons (Fsp3) is 0. The van der Waals surface area contributed by atoms with Gasteiger partial charge in [0.25, 0.3) is 0 Å². The number of aliphatic carboxylic acids is 1. The van der Waals surface area contributed by atoms with E-state index in [0.29, 0.717) is 5.56 Å². The van der Waals surface area contributed by atoms with E-state index < -0.39 is 5.97 Å². The summed E-state index contributed by atoms with van der Waals surface area (Å²) in [7, 11) is 0. The molecule has 4 rings (SSSR count). The largest absolute Gasteiger partial charge is 0.478 e. The number of carboxylic acid groups (broad SMARTS) is 1. The summed E-state index contributed by atoms with van der Waals surface area (Å²) in [5.41, 5.74) is 3.36. The SMILES string of the molecule is N#Cc1ccc(-c2cncc3ccc(/C=C/C(=O)O)cc23)c2ccccc12. The second-order valence-electron chi connectivity index (χ2n) is 6.16. The van der Waals surface area contributed by atoms with E-state index in [9.17, 15) is 10.1 Å². The highest BCUT2D eigenvalue weighted by molar-refractivity contribution is 6.06. The van der Waals surface area contributed by atoms with Gasteiger partial charge in [-0.25, -0.2) is 4.79 Å². The minimum Gasteiger partial charge on any atom is -0.478 e. The average molecular weight is 350 g/mol. The Bertz CT molecular complexity index is 1270. The van der Waals surface area contributed by atoms with Crippen LogP contribution in [0, 0.1) is 11.3 Å². The van der Waals surface area contributed by atoms with Crippen molar-refractivity contribution < 1.29 is 9.90 Å². The molecule has 0 radical (unpaired) electrons. The molecule has 128 valence electrons. The van der Waals surface area contributed by atoms with Crippen molar-refractivity contribution in [3.05, 3.63) is 84.2 Å². The molecule has 0 aliphatic rings. The molecular formula is C23H14N2O2. The third-order valence-electron chi connectivity index (χ3n) is 4.54. The number of carboxylic acids is 1. The lowest BCUT2D eigenvalue weighted by atomic mass is 9.93. The van der Waals surface area contributed by atoms with E-state index in [1.54, 1.807) is 18.5 Å². The molecule has 0 spiro atoms. The molecule has 3 aromatic carbocycles. The van der Waals surface area contributed by atoms with Gasteiger partial charge in [-0.15, -0.1) is 0 Å². The lowest BCUT2D eigenvalue weighted by Gasteiger charge is -2.11. The van der Waals surface area contributed by atoms with Crippen molar-refractivity contribution in [1.29, 1.82) is 5.26 Å². The number of hydrogen-bond acceptors (Lipinski definition) is 3. The predicted molar refractivity (Wildman–Crippen MR) is 106 cm³/mol. The molecule has 27 heavy (non-hydrogen) atoms. The van der Waals surface area contributed by atoms with Gasteiger partial charge in [-0.1, -0.05) is 42.5 Å². The highest BCUT2D eigenvalue weighted by Gasteiger charge is 2.11. The lowest BCUT2D eigenvalue weighted by Crippen LogP contribution is -1.89. The van der Waals surface area contributed by atoms with Crippen LogP contribution in [0.15, 0.2) is 73.1 Å². The van der Waals surface area contributed by atoms with Gasteiger partial charge in [-0.3, -0.25) is 4.98 Å². The number of aromatic nitrogens is 1. The molecule has 0 saturated heterocycles. The summed E-state index contributed by atoms with van der Waals surface area (Å²) >= 11 is 0. The van der Waals surface area contributed by atoms with E-state index >= 15 is 0 Å². The number of hydrogen-bond donors (Lipinski definition) is 1. The quantitative estimate of drug-likeness (QED) is 0.526. The van der Waals surface area contributed by atoms with Crippen molar-refractivity contribution in [2.24, 2.45) is 0 Å². The van der Waals surface area contributed by atoms with Crippen molar-refractivity contribution in [2.75, 3.05) is 0 Å². The molecule has 4 nitrogen and oxygen atoms in total. The van der Waals surface area contributed by atoms with E-state index in [1.807, 2.05) is 54.6 Å². The summed E-state index contributed by atoms with van der Waals surface area (Å²) in [6.45, 7) is 0. The summed E-state index contributed by atoms with van der Waals surface area (Å²) in [6, 6.07) is 19.6. The molecule has 4 aromatic rings. The Balaban J connectivity index is 2.00. The standard InChI is InChI=1S/C23H14N2O2/c24-12-16-8-9-20(19-4-2-1-3-18(16)19)22-14-25-13-17-7-5-15(11-21(17)22)6-10-23(26)27/h1-11,13-14H,(H,26,27)/b10-6+. The molecule has 0 aliphatic heterocycles. The van der Waals surface area contributed by atoms with E-state index in [0.717, 1.165) is 44.3 Å². The molecule has 0 unspecified atom stereocenters. The molecule has 0 amide bonds. The Hall–Kier alpha value is -3.97. The third-order valence-corrected chi connectivity index (χ3v) is 4.54. The summed E-state index contributed by atoms with van der Waals surface area (Å²) in [4.78, 5) is 15.2. The van der Waals surface area contributed by atoms with E-state index in [2.05, 4.69) is 11.1 Å². The van der Waals surface area contributed by atoms with Gasteiger partial charge in [-0.2, -0.15) is 5.26 Å². The maximum Gasteiger partial charge on any atom is 0.328 e. The Morgan fingerprint density at radius 2 is 1.78 bits per heavy atom. The zero-order valence-corrected chi connectivity index (χ0v) is 14.3. The zero-order chi connectivity index (χ0) is 18.8. The van der Waals surface area contributed by atoms with Crippen LogP contribution in [0.1, 0.15) is 11.1 Å². The second kappa shape index (κ2) is 6.74. The van der Waals surface area contributed by atoms with E-state index in [1.165, 1.54) is 0 Å². The highest BCUT2D eigenvalue weighted by atomic mass is 16.4. The maximum absolute atomic E-state index is 10.8. The number of nitriles is 1. The second-order valence-corrected chi connectivity index (χ2v) is 6.16. The summed E-state index contributed by atoms with van der Waals surface area (Å²) in [5, 5.41) is 22.1. The molecule has 1 heterocycles.